The number of imidazole rings is 1. The van der Waals surface area contributed by atoms with E-state index in [0.29, 0.717) is 25.2 Å². The highest BCUT2D eigenvalue weighted by atomic mass is 19.1. The fraction of sp³-hybridized carbons (Fsp3) is 0.538. The Balaban J connectivity index is 1.36. The number of anilines is 1. The van der Waals surface area contributed by atoms with Crippen molar-refractivity contribution in [1.82, 2.24) is 18.9 Å². The van der Waals surface area contributed by atoms with E-state index in [1.54, 1.807) is 33.5 Å². The normalized spacial score (nSPS) is 25.9. The lowest BCUT2D eigenvalue weighted by Crippen LogP contribution is -2.29. The average Bonchev–Trinajstić information content (AvgIpc) is 3.37. The van der Waals surface area contributed by atoms with Crippen molar-refractivity contribution in [3.05, 3.63) is 52.3 Å². The fourth-order valence-corrected chi connectivity index (χ4v) is 5.36. The highest BCUT2D eigenvalue weighted by Crippen LogP contribution is 2.54. The molecule has 9 nitrogen and oxygen atoms in total. The van der Waals surface area contributed by atoms with Crippen LogP contribution >= 0.6 is 0 Å². The first kappa shape index (κ1) is 23.1. The summed E-state index contributed by atoms with van der Waals surface area (Å²) in [6.07, 6.45) is 9.76. The van der Waals surface area contributed by atoms with Gasteiger partial charge in [-0.1, -0.05) is 6.92 Å². The molecule has 3 aromatic heterocycles. The molecule has 3 aliphatic rings. The zero-order valence-electron chi connectivity index (χ0n) is 20.5. The van der Waals surface area contributed by atoms with Crippen molar-refractivity contribution in [2.75, 3.05) is 18.6 Å². The van der Waals surface area contributed by atoms with Gasteiger partial charge >= 0.3 is 0 Å². The van der Waals surface area contributed by atoms with Gasteiger partial charge in [0.2, 0.25) is 11.7 Å². The van der Waals surface area contributed by atoms with Crippen molar-refractivity contribution in [3.63, 3.8) is 0 Å². The minimum atomic E-state index is -0.706. The third-order valence-corrected chi connectivity index (χ3v) is 7.87. The maximum absolute atomic E-state index is 13.7. The number of nitrogens with one attached hydrogen (secondary N) is 1. The van der Waals surface area contributed by atoms with E-state index in [2.05, 4.69) is 10.3 Å². The molecule has 0 radical (unpaired) electrons. The van der Waals surface area contributed by atoms with Crippen LogP contribution in [0.4, 0.5) is 10.1 Å². The molecule has 3 atom stereocenters. The molecular weight excluding hydrogens is 465 g/mol. The zero-order valence-corrected chi connectivity index (χ0v) is 20.5. The largest absolute Gasteiger partial charge is 0.474 e. The predicted molar refractivity (Wildman–Crippen MR) is 130 cm³/mol. The van der Waals surface area contributed by atoms with E-state index in [1.165, 1.54) is 0 Å². The van der Waals surface area contributed by atoms with Gasteiger partial charge in [0.15, 0.2) is 0 Å². The van der Waals surface area contributed by atoms with Crippen LogP contribution in [0.1, 0.15) is 74.5 Å². The van der Waals surface area contributed by atoms with Crippen molar-refractivity contribution < 1.29 is 18.7 Å². The summed E-state index contributed by atoms with van der Waals surface area (Å²) >= 11 is 0. The van der Waals surface area contributed by atoms with E-state index in [9.17, 15) is 14.0 Å². The van der Waals surface area contributed by atoms with Crippen LogP contribution in [0.15, 0.2) is 35.5 Å². The maximum Gasteiger partial charge on any atom is 0.274 e. The number of hydrogen-bond donors (Lipinski definition) is 1. The highest BCUT2D eigenvalue weighted by molar-refractivity contribution is 6.05. The van der Waals surface area contributed by atoms with E-state index in [1.807, 2.05) is 20.0 Å². The molecule has 190 valence electrons. The number of pyridine rings is 1. The van der Waals surface area contributed by atoms with Gasteiger partial charge in [0.1, 0.15) is 17.9 Å². The molecule has 2 unspecified atom stereocenters. The summed E-state index contributed by atoms with van der Waals surface area (Å²) in [5.74, 6) is 0.0765. The number of hydrogen-bond acceptors (Lipinski definition) is 6. The summed E-state index contributed by atoms with van der Waals surface area (Å²) in [5, 5.41) is 2.76. The Bertz CT molecular complexity index is 1390. The van der Waals surface area contributed by atoms with Gasteiger partial charge in [-0.15, -0.1) is 0 Å². The van der Waals surface area contributed by atoms with Gasteiger partial charge in [-0.25, -0.2) is 9.37 Å². The van der Waals surface area contributed by atoms with Gasteiger partial charge in [0.05, 0.1) is 24.0 Å². The van der Waals surface area contributed by atoms with Crippen LogP contribution in [-0.2, 0) is 10.2 Å². The van der Waals surface area contributed by atoms with Crippen molar-refractivity contribution >= 4 is 17.4 Å². The second kappa shape index (κ2) is 8.40. The Morgan fingerprint density at radius 1 is 1.33 bits per heavy atom. The topological polar surface area (TPSA) is 99.8 Å². The molecule has 36 heavy (non-hydrogen) atoms. The Morgan fingerprint density at radius 2 is 2.17 bits per heavy atom. The summed E-state index contributed by atoms with van der Waals surface area (Å²) in [6, 6.07) is 3.57. The summed E-state index contributed by atoms with van der Waals surface area (Å²) in [4.78, 5) is 35.6. The van der Waals surface area contributed by atoms with Crippen molar-refractivity contribution in [1.29, 1.82) is 0 Å². The van der Waals surface area contributed by atoms with Crippen molar-refractivity contribution in [2.24, 2.45) is 0 Å². The number of carbonyl (C=O) groups is 1. The lowest BCUT2D eigenvalue weighted by atomic mass is 9.84. The summed E-state index contributed by atoms with van der Waals surface area (Å²) in [5.41, 5.74) is -0.0802. The predicted octanol–water partition coefficient (Wildman–Crippen LogP) is 3.82. The molecule has 0 aromatic carbocycles. The van der Waals surface area contributed by atoms with Crippen LogP contribution in [-0.4, -0.2) is 49.8 Å². The quantitative estimate of drug-likeness (QED) is 0.510. The first-order valence-electron chi connectivity index (χ1n) is 12.6. The number of halogens is 1. The van der Waals surface area contributed by atoms with Crippen LogP contribution in [0.25, 0.3) is 5.78 Å². The van der Waals surface area contributed by atoms with E-state index < -0.39 is 18.2 Å². The van der Waals surface area contributed by atoms with E-state index >= 15 is 0 Å². The second-order valence-corrected chi connectivity index (χ2v) is 10.5. The Morgan fingerprint density at radius 3 is 2.83 bits per heavy atom. The standard InChI is InChI=1S/C26H30FN5O4/c1-3-16(2)36-22-18(21(33)28-19-5-4-10-32(23(19)34)17-6-7-17)11-31-12-20(29-24(31)30-22)25-8-9-26(13-25,14-27)35-15-25/h4-5,10-12,16-17H,3,6-9,13-15H2,1-2H3,(H,28,33)/t16-,25?,26?/m0/s1. The Kier molecular flexibility index (Phi) is 5.40. The van der Waals surface area contributed by atoms with Crippen molar-refractivity contribution in [2.45, 2.75) is 75.5 Å². The van der Waals surface area contributed by atoms with Gasteiger partial charge in [-0.3, -0.25) is 14.0 Å². The highest BCUT2D eigenvalue weighted by Gasteiger charge is 2.57. The minimum Gasteiger partial charge on any atom is -0.474 e. The molecule has 4 heterocycles. The van der Waals surface area contributed by atoms with E-state index in [4.69, 9.17) is 14.5 Å². The average molecular weight is 496 g/mol. The monoisotopic (exact) mass is 495 g/mol. The van der Waals surface area contributed by atoms with Gasteiger partial charge < -0.3 is 19.4 Å². The molecule has 3 aromatic rings. The van der Waals surface area contributed by atoms with Gasteiger partial charge in [-0.05, 0) is 57.6 Å². The molecule has 2 aliphatic carbocycles. The maximum atomic E-state index is 13.7. The Hall–Kier alpha value is -3.27. The third-order valence-electron chi connectivity index (χ3n) is 7.87. The molecular formula is C26H30FN5O4. The summed E-state index contributed by atoms with van der Waals surface area (Å²) in [7, 11) is 0. The molecule has 6 rings (SSSR count). The number of fused-ring (bicyclic) bond motifs is 3. The zero-order chi connectivity index (χ0) is 25.1. The number of amides is 1. The molecule has 1 aliphatic heterocycles. The van der Waals surface area contributed by atoms with Crippen LogP contribution in [0.3, 0.4) is 0 Å². The third kappa shape index (κ3) is 3.78. The van der Waals surface area contributed by atoms with Gasteiger partial charge in [-0.2, -0.15) is 4.98 Å². The van der Waals surface area contributed by atoms with Crippen LogP contribution in [0.2, 0.25) is 0 Å². The van der Waals surface area contributed by atoms with Gasteiger partial charge in [0.25, 0.3) is 11.5 Å². The molecule has 2 bridgehead atoms. The molecule has 2 saturated carbocycles. The van der Waals surface area contributed by atoms with Crippen molar-refractivity contribution in [3.8, 4) is 5.88 Å². The number of alkyl halides is 1. The molecule has 0 spiro atoms. The molecule has 1 amide bonds. The number of aromatic nitrogens is 4. The Labute approximate surface area is 207 Å². The number of ether oxygens (including phenoxy) is 2. The smallest absolute Gasteiger partial charge is 0.274 e. The van der Waals surface area contributed by atoms with Crippen LogP contribution in [0.5, 0.6) is 5.88 Å². The van der Waals surface area contributed by atoms with Crippen LogP contribution < -0.4 is 15.6 Å². The molecule has 3 fully saturated rings. The number of nitrogens with zero attached hydrogens (tertiary/aromatic N) is 4. The van der Waals surface area contributed by atoms with Gasteiger partial charge in [0, 0.05) is 30.0 Å². The first-order chi connectivity index (χ1) is 17.4. The first-order valence-corrected chi connectivity index (χ1v) is 12.6. The number of rotatable bonds is 8. The molecule has 10 heteroatoms. The van der Waals surface area contributed by atoms with Crippen LogP contribution in [0, 0.1) is 0 Å². The lowest BCUT2D eigenvalue weighted by Gasteiger charge is -2.25. The van der Waals surface area contributed by atoms with E-state index in [-0.39, 0.29) is 40.3 Å². The fourth-order valence-electron chi connectivity index (χ4n) is 5.36. The number of carbonyl (C=O) groups excluding carboxylic acids is 1. The molecule has 1 saturated heterocycles. The van der Waals surface area contributed by atoms with E-state index in [0.717, 1.165) is 31.4 Å². The molecule has 1 N–H and O–H groups in total. The lowest BCUT2D eigenvalue weighted by molar-refractivity contribution is -0.0356. The SMILES string of the molecule is CC[C@H](C)Oc1nc2nc(C34CCC(CF)(C3)OC4)cn2cc1C(=O)Nc1cccn(C2CC2)c1=O. The minimum absolute atomic E-state index is 0.162. The summed E-state index contributed by atoms with van der Waals surface area (Å²) in [6.45, 7) is 3.81. The second-order valence-electron chi connectivity index (χ2n) is 10.5. The summed E-state index contributed by atoms with van der Waals surface area (Å²) < 4.78 is 28.9.